The molecule has 0 fully saturated rings. The number of rotatable bonds is 7. The molecular weight excluding hydrogens is 378 g/mol. The highest BCUT2D eigenvalue weighted by Crippen LogP contribution is 2.18. The second-order valence-electron chi connectivity index (χ2n) is 5.65. The molecule has 28 heavy (non-hydrogen) atoms. The number of ether oxygens (including phenoxy) is 1. The molecule has 0 aliphatic heterocycles. The Hall–Kier alpha value is -3.46. The van der Waals surface area contributed by atoms with Gasteiger partial charge in [0.2, 0.25) is 11.8 Å². The van der Waals surface area contributed by atoms with Crippen molar-refractivity contribution in [3.05, 3.63) is 66.7 Å². The second-order valence-corrected chi connectivity index (χ2v) is 6.58. The van der Waals surface area contributed by atoms with Crippen LogP contribution in [0, 0.1) is 0 Å². The van der Waals surface area contributed by atoms with Crippen LogP contribution in [0.3, 0.4) is 0 Å². The second kappa shape index (κ2) is 8.49. The number of amides is 1. The molecule has 0 bridgehead atoms. The van der Waals surface area contributed by atoms with E-state index in [0.717, 1.165) is 28.5 Å². The number of thioether (sulfide) groups is 1. The molecule has 1 N–H and O–H groups in total. The molecule has 0 aliphatic carbocycles. The predicted molar refractivity (Wildman–Crippen MR) is 104 cm³/mol. The molecule has 8 nitrogen and oxygen atoms in total. The number of hydrogen-bond donors (Lipinski definition) is 1. The van der Waals surface area contributed by atoms with Gasteiger partial charge in [-0.1, -0.05) is 42.1 Å². The topological polar surface area (TPSA) is 103 Å². The van der Waals surface area contributed by atoms with E-state index in [4.69, 9.17) is 9.15 Å². The number of benzene rings is 2. The Morgan fingerprint density at radius 2 is 1.82 bits per heavy atom. The zero-order valence-electron chi connectivity index (χ0n) is 14.6. The van der Waals surface area contributed by atoms with Crippen molar-refractivity contribution >= 4 is 34.4 Å². The van der Waals surface area contributed by atoms with Gasteiger partial charge in [0.25, 0.3) is 11.1 Å². The fourth-order valence-corrected chi connectivity index (χ4v) is 2.93. The maximum atomic E-state index is 11.9. The first kappa shape index (κ1) is 17.9. The smallest absolute Gasteiger partial charge is 0.277 e. The van der Waals surface area contributed by atoms with Crippen LogP contribution in [0.1, 0.15) is 5.89 Å². The lowest BCUT2D eigenvalue weighted by atomic mass is 10.3. The van der Waals surface area contributed by atoms with Crippen LogP contribution < -0.4 is 10.1 Å². The SMILES string of the molecule is O=C(CSc1nnc(COc2cnc3ccccc3n2)o1)Nc1ccccc1. The van der Waals surface area contributed by atoms with Gasteiger partial charge in [-0.05, 0) is 24.3 Å². The van der Waals surface area contributed by atoms with E-state index in [1.165, 1.54) is 0 Å². The zero-order chi connectivity index (χ0) is 19.2. The first-order valence-corrected chi connectivity index (χ1v) is 9.39. The number of para-hydroxylation sites is 3. The van der Waals surface area contributed by atoms with E-state index in [-0.39, 0.29) is 18.3 Å². The number of anilines is 1. The summed E-state index contributed by atoms with van der Waals surface area (Å²) in [6.07, 6.45) is 1.54. The van der Waals surface area contributed by atoms with Crippen molar-refractivity contribution in [1.29, 1.82) is 0 Å². The molecule has 9 heteroatoms. The number of carbonyl (C=O) groups excluding carboxylic acids is 1. The van der Waals surface area contributed by atoms with Gasteiger partial charge in [-0.3, -0.25) is 4.79 Å². The Morgan fingerprint density at radius 3 is 2.68 bits per heavy atom. The van der Waals surface area contributed by atoms with Gasteiger partial charge in [-0.25, -0.2) is 9.97 Å². The minimum atomic E-state index is -0.154. The van der Waals surface area contributed by atoms with Gasteiger partial charge in [0.15, 0.2) is 6.61 Å². The third-order valence-corrected chi connectivity index (χ3v) is 4.42. The molecule has 0 saturated heterocycles. The lowest BCUT2D eigenvalue weighted by molar-refractivity contribution is -0.113. The highest BCUT2D eigenvalue weighted by molar-refractivity contribution is 7.99. The Bertz CT molecular complexity index is 1090. The van der Waals surface area contributed by atoms with Crippen LogP contribution in [0.15, 0.2) is 70.4 Å². The highest BCUT2D eigenvalue weighted by atomic mass is 32.2. The van der Waals surface area contributed by atoms with Crippen molar-refractivity contribution in [3.8, 4) is 5.88 Å². The summed E-state index contributed by atoms with van der Waals surface area (Å²) in [5, 5.41) is 10.9. The molecule has 0 atom stereocenters. The van der Waals surface area contributed by atoms with E-state index in [9.17, 15) is 4.79 Å². The Balaban J connectivity index is 1.28. The van der Waals surface area contributed by atoms with Crippen LogP contribution in [-0.2, 0) is 11.4 Å². The Morgan fingerprint density at radius 1 is 1.04 bits per heavy atom. The van der Waals surface area contributed by atoms with Gasteiger partial charge in [-0.2, -0.15) is 0 Å². The molecule has 0 saturated carbocycles. The largest absolute Gasteiger partial charge is 0.466 e. The van der Waals surface area contributed by atoms with Gasteiger partial charge in [-0.15, -0.1) is 10.2 Å². The van der Waals surface area contributed by atoms with Gasteiger partial charge in [0.1, 0.15) is 0 Å². The highest BCUT2D eigenvalue weighted by Gasteiger charge is 2.11. The molecule has 4 rings (SSSR count). The van der Waals surface area contributed by atoms with Gasteiger partial charge in [0.05, 0.1) is 23.0 Å². The summed E-state index contributed by atoms with van der Waals surface area (Å²) in [5.74, 6) is 0.668. The van der Waals surface area contributed by atoms with Crippen LogP contribution in [0.25, 0.3) is 11.0 Å². The monoisotopic (exact) mass is 393 g/mol. The first-order valence-electron chi connectivity index (χ1n) is 8.41. The Labute approximate surface area is 164 Å². The molecular formula is C19H15N5O3S. The number of hydrogen-bond acceptors (Lipinski definition) is 8. The van der Waals surface area contributed by atoms with Crippen molar-refractivity contribution in [1.82, 2.24) is 20.2 Å². The quantitative estimate of drug-likeness (QED) is 0.477. The molecule has 1 amide bonds. The van der Waals surface area contributed by atoms with E-state index >= 15 is 0 Å². The third-order valence-electron chi connectivity index (χ3n) is 3.60. The first-order chi connectivity index (χ1) is 13.8. The van der Waals surface area contributed by atoms with Crippen LogP contribution in [0.2, 0.25) is 0 Å². The predicted octanol–water partition coefficient (Wildman–Crippen LogP) is 3.32. The minimum absolute atomic E-state index is 0.0663. The number of fused-ring (bicyclic) bond motifs is 1. The molecule has 0 aliphatic rings. The van der Waals surface area contributed by atoms with Crippen LogP contribution >= 0.6 is 11.8 Å². The average Bonchev–Trinajstić information content (AvgIpc) is 3.19. The molecule has 2 heterocycles. The molecule has 140 valence electrons. The van der Waals surface area contributed by atoms with Gasteiger partial charge >= 0.3 is 0 Å². The van der Waals surface area contributed by atoms with Crippen LogP contribution in [0.4, 0.5) is 5.69 Å². The molecule has 0 radical (unpaired) electrons. The molecule has 2 aromatic heterocycles. The van der Waals surface area contributed by atoms with E-state index in [2.05, 4.69) is 25.5 Å². The van der Waals surface area contributed by atoms with Crippen molar-refractivity contribution in [3.63, 3.8) is 0 Å². The standard InChI is InChI=1S/C19H15N5O3S/c25-16(21-13-6-2-1-3-7-13)12-28-19-24-23-18(27-19)11-26-17-10-20-14-8-4-5-9-15(14)22-17/h1-10H,11-12H2,(H,21,25). The third kappa shape index (κ3) is 4.63. The summed E-state index contributed by atoms with van der Waals surface area (Å²) >= 11 is 1.16. The molecule has 0 spiro atoms. The molecule has 0 unspecified atom stereocenters. The van der Waals surface area contributed by atoms with Crippen molar-refractivity contribution in [2.45, 2.75) is 11.8 Å². The van der Waals surface area contributed by atoms with Gasteiger partial charge in [0, 0.05) is 5.69 Å². The summed E-state index contributed by atoms with van der Waals surface area (Å²) in [4.78, 5) is 20.6. The fourth-order valence-electron chi connectivity index (χ4n) is 2.35. The summed E-state index contributed by atoms with van der Waals surface area (Å²) < 4.78 is 11.0. The van der Waals surface area contributed by atoms with Gasteiger partial charge < -0.3 is 14.5 Å². The minimum Gasteiger partial charge on any atom is -0.466 e. The van der Waals surface area contributed by atoms with Crippen molar-refractivity contribution < 1.29 is 13.9 Å². The molecule has 2 aromatic carbocycles. The van der Waals surface area contributed by atoms with E-state index in [1.807, 2.05) is 54.6 Å². The number of carbonyl (C=O) groups is 1. The lowest BCUT2D eigenvalue weighted by Crippen LogP contribution is -2.13. The van der Waals surface area contributed by atoms with Crippen LogP contribution in [-0.4, -0.2) is 31.8 Å². The number of nitrogens with zero attached hydrogens (tertiary/aromatic N) is 4. The number of nitrogens with one attached hydrogen (secondary N) is 1. The normalized spacial score (nSPS) is 10.7. The summed E-state index contributed by atoms with van der Waals surface area (Å²) in [6, 6.07) is 16.8. The van der Waals surface area contributed by atoms with Crippen molar-refractivity contribution in [2.24, 2.45) is 0 Å². The Kier molecular flexibility index (Phi) is 5.43. The fraction of sp³-hybridized carbons (Fsp3) is 0.105. The average molecular weight is 393 g/mol. The molecule has 4 aromatic rings. The zero-order valence-corrected chi connectivity index (χ0v) is 15.4. The van der Waals surface area contributed by atoms with Crippen molar-refractivity contribution in [2.75, 3.05) is 11.1 Å². The summed E-state index contributed by atoms with van der Waals surface area (Å²) in [5.41, 5.74) is 2.27. The lowest BCUT2D eigenvalue weighted by Gasteiger charge is -2.03. The van der Waals surface area contributed by atoms with E-state index in [1.54, 1.807) is 6.20 Å². The van der Waals surface area contributed by atoms with E-state index in [0.29, 0.717) is 17.0 Å². The maximum absolute atomic E-state index is 11.9. The summed E-state index contributed by atoms with van der Waals surface area (Å²) in [6.45, 7) is 0.0663. The van der Waals surface area contributed by atoms with E-state index < -0.39 is 0 Å². The number of aromatic nitrogens is 4. The maximum Gasteiger partial charge on any atom is 0.277 e. The van der Waals surface area contributed by atoms with Crippen LogP contribution in [0.5, 0.6) is 5.88 Å². The summed E-state index contributed by atoms with van der Waals surface area (Å²) in [7, 11) is 0.